The van der Waals surface area contributed by atoms with Crippen LogP contribution in [0, 0.1) is 0 Å². The third-order valence-electron chi connectivity index (χ3n) is 3.11. The monoisotopic (exact) mass is 331 g/mol. The number of thioether (sulfide) groups is 1. The summed E-state index contributed by atoms with van der Waals surface area (Å²) in [4.78, 5) is 17.7. The van der Waals surface area contributed by atoms with Crippen LogP contribution in [-0.4, -0.2) is 35.2 Å². The van der Waals surface area contributed by atoms with Crippen molar-refractivity contribution in [2.45, 2.75) is 24.9 Å². The Morgan fingerprint density at radius 2 is 2.04 bits per heavy atom. The topological polar surface area (TPSA) is 84.9 Å². The molecule has 0 aliphatic rings. The van der Waals surface area contributed by atoms with Gasteiger partial charge in [-0.1, -0.05) is 19.1 Å². The van der Waals surface area contributed by atoms with Gasteiger partial charge in [-0.3, -0.25) is 5.10 Å². The van der Waals surface area contributed by atoms with Gasteiger partial charge in [0.1, 0.15) is 5.82 Å². The first kappa shape index (κ1) is 17.1. The van der Waals surface area contributed by atoms with E-state index >= 15 is 0 Å². The second kappa shape index (κ2) is 7.82. The van der Waals surface area contributed by atoms with E-state index in [4.69, 9.17) is 0 Å². The minimum Gasteiger partial charge on any atom is -0.544 e. The lowest BCUT2D eigenvalue weighted by molar-refractivity contribution is -0.297. The number of aromatic nitrogens is 3. The smallest absolute Gasteiger partial charge is 0.213 e. The summed E-state index contributed by atoms with van der Waals surface area (Å²) in [6.07, 6.45) is 3.29. The van der Waals surface area contributed by atoms with Crippen LogP contribution in [0.4, 0.5) is 5.69 Å². The molecule has 0 saturated heterocycles. The van der Waals surface area contributed by atoms with Crippen LogP contribution in [0.3, 0.4) is 0 Å². The minimum atomic E-state index is -1.24. The largest absolute Gasteiger partial charge is 0.544 e. The zero-order chi connectivity index (χ0) is 16.8. The molecule has 0 fully saturated rings. The van der Waals surface area contributed by atoms with E-state index in [1.807, 2.05) is 50.2 Å². The average Bonchev–Trinajstić information content (AvgIpc) is 2.95. The van der Waals surface area contributed by atoms with Crippen molar-refractivity contribution in [1.29, 1.82) is 0 Å². The molecule has 23 heavy (non-hydrogen) atoms. The number of hydrogen-bond donors (Lipinski definition) is 1. The molecular formula is C16H19N4O2S-. The molecule has 1 aromatic heterocycles. The normalized spacial score (nSPS) is 11.5. The molecule has 1 heterocycles. The van der Waals surface area contributed by atoms with Crippen LogP contribution < -0.4 is 10.0 Å². The zero-order valence-corrected chi connectivity index (χ0v) is 14.2. The van der Waals surface area contributed by atoms with Gasteiger partial charge < -0.3 is 14.8 Å². The standard InChI is InChI=1S/C16H20N4O2S/c1-4-5-14-17-16(19-18-14)23-13(15(21)22)10-11-6-8-12(9-7-11)20(2)3/h6-10H,4-5H2,1-3H3,(H,21,22)(H,17,18,19)/p-1/b13-10-. The summed E-state index contributed by atoms with van der Waals surface area (Å²) in [5, 5.41) is 18.6. The van der Waals surface area contributed by atoms with Crippen LogP contribution in [0.5, 0.6) is 0 Å². The fourth-order valence-corrected chi connectivity index (χ4v) is 2.64. The summed E-state index contributed by atoms with van der Waals surface area (Å²) in [7, 11) is 3.90. The van der Waals surface area contributed by atoms with Crippen molar-refractivity contribution in [1.82, 2.24) is 15.2 Å². The number of hydrogen-bond acceptors (Lipinski definition) is 6. The van der Waals surface area contributed by atoms with Crippen LogP contribution in [-0.2, 0) is 11.2 Å². The first-order valence-electron chi connectivity index (χ1n) is 7.29. The molecule has 0 bridgehead atoms. The molecule has 0 radical (unpaired) electrons. The fourth-order valence-electron chi connectivity index (χ4n) is 1.92. The second-order valence-corrected chi connectivity index (χ2v) is 6.21. The van der Waals surface area contributed by atoms with Gasteiger partial charge in [0.15, 0.2) is 0 Å². The maximum absolute atomic E-state index is 11.3. The van der Waals surface area contributed by atoms with Gasteiger partial charge >= 0.3 is 0 Å². The van der Waals surface area contributed by atoms with Crippen molar-refractivity contribution < 1.29 is 9.90 Å². The molecule has 122 valence electrons. The highest BCUT2D eigenvalue weighted by molar-refractivity contribution is 8.04. The Bertz CT molecular complexity index is 692. The predicted octanol–water partition coefficient (Wildman–Crippen LogP) is 1.71. The number of aromatic amines is 1. The van der Waals surface area contributed by atoms with Crippen molar-refractivity contribution in [3.63, 3.8) is 0 Å². The number of nitrogens with zero attached hydrogens (tertiary/aromatic N) is 3. The SMILES string of the molecule is CCCc1nc(S/C(=C\c2ccc(N(C)C)cc2)C(=O)[O-])n[nH]1. The molecule has 0 atom stereocenters. The number of anilines is 1. The number of aryl methyl sites for hydroxylation is 1. The van der Waals surface area contributed by atoms with Gasteiger partial charge in [-0.2, -0.15) is 0 Å². The maximum Gasteiger partial charge on any atom is 0.213 e. The van der Waals surface area contributed by atoms with Crippen molar-refractivity contribution in [3.05, 3.63) is 40.6 Å². The lowest BCUT2D eigenvalue weighted by atomic mass is 10.2. The number of nitrogens with one attached hydrogen (secondary N) is 1. The molecular weight excluding hydrogens is 312 g/mol. The highest BCUT2D eigenvalue weighted by Crippen LogP contribution is 2.25. The van der Waals surface area contributed by atoms with E-state index in [0.29, 0.717) is 5.16 Å². The van der Waals surface area contributed by atoms with E-state index in [-0.39, 0.29) is 4.91 Å². The number of H-pyrrole nitrogens is 1. The summed E-state index contributed by atoms with van der Waals surface area (Å²) < 4.78 is 0. The number of carboxylic acid groups (broad SMARTS) is 1. The Kier molecular flexibility index (Phi) is 5.81. The molecule has 1 aromatic carbocycles. The molecule has 0 unspecified atom stereocenters. The molecule has 1 N–H and O–H groups in total. The Labute approximate surface area is 139 Å². The predicted molar refractivity (Wildman–Crippen MR) is 90.0 cm³/mol. The lowest BCUT2D eigenvalue weighted by Crippen LogP contribution is -2.23. The Hall–Kier alpha value is -2.28. The molecule has 0 aliphatic heterocycles. The van der Waals surface area contributed by atoms with E-state index in [1.54, 1.807) is 6.08 Å². The molecule has 2 rings (SSSR count). The Balaban J connectivity index is 2.18. The number of carboxylic acids is 1. The lowest BCUT2D eigenvalue weighted by Gasteiger charge is -2.12. The van der Waals surface area contributed by atoms with Crippen LogP contribution in [0.25, 0.3) is 6.08 Å². The number of aliphatic carboxylic acids is 1. The molecule has 2 aromatic rings. The van der Waals surface area contributed by atoms with Crippen LogP contribution in [0.2, 0.25) is 0 Å². The second-order valence-electron chi connectivity index (χ2n) is 5.20. The van der Waals surface area contributed by atoms with Gasteiger partial charge in [0.25, 0.3) is 0 Å². The molecule has 0 amide bonds. The van der Waals surface area contributed by atoms with Gasteiger partial charge in [0, 0.05) is 31.1 Å². The highest BCUT2D eigenvalue weighted by Gasteiger charge is 2.08. The Morgan fingerprint density at radius 3 is 2.61 bits per heavy atom. The highest BCUT2D eigenvalue weighted by atomic mass is 32.2. The number of rotatable bonds is 7. The third kappa shape index (κ3) is 4.85. The van der Waals surface area contributed by atoms with E-state index in [0.717, 1.165) is 41.7 Å². The van der Waals surface area contributed by atoms with Gasteiger partial charge in [-0.25, -0.2) is 4.98 Å². The van der Waals surface area contributed by atoms with Crippen LogP contribution in [0.1, 0.15) is 24.7 Å². The number of benzene rings is 1. The van der Waals surface area contributed by atoms with Crippen molar-refractivity contribution in [2.24, 2.45) is 0 Å². The van der Waals surface area contributed by atoms with Crippen LogP contribution >= 0.6 is 11.8 Å². The molecule has 0 aliphatic carbocycles. The fraction of sp³-hybridized carbons (Fsp3) is 0.312. The van der Waals surface area contributed by atoms with Gasteiger partial charge in [0.05, 0.1) is 5.97 Å². The third-order valence-corrected chi connectivity index (χ3v) is 3.98. The number of carbonyl (C=O) groups excluding carboxylic acids is 1. The summed E-state index contributed by atoms with van der Waals surface area (Å²) in [6.45, 7) is 2.04. The van der Waals surface area contributed by atoms with E-state index in [9.17, 15) is 9.90 Å². The van der Waals surface area contributed by atoms with Crippen molar-refractivity contribution in [2.75, 3.05) is 19.0 Å². The first-order chi connectivity index (χ1) is 11.0. The van der Waals surface area contributed by atoms with E-state index < -0.39 is 5.97 Å². The quantitative estimate of drug-likeness (QED) is 0.614. The minimum absolute atomic E-state index is 0.0738. The molecule has 0 saturated carbocycles. The molecule has 6 nitrogen and oxygen atoms in total. The maximum atomic E-state index is 11.3. The van der Waals surface area contributed by atoms with Crippen LogP contribution in [0.15, 0.2) is 34.3 Å². The Morgan fingerprint density at radius 1 is 1.35 bits per heavy atom. The van der Waals surface area contributed by atoms with Crippen molar-refractivity contribution in [3.8, 4) is 0 Å². The van der Waals surface area contributed by atoms with Gasteiger partial charge in [0.2, 0.25) is 5.16 Å². The van der Waals surface area contributed by atoms with E-state index in [2.05, 4.69) is 15.2 Å². The molecule has 0 spiro atoms. The summed E-state index contributed by atoms with van der Waals surface area (Å²) >= 11 is 0.984. The van der Waals surface area contributed by atoms with E-state index in [1.165, 1.54) is 0 Å². The number of carbonyl (C=O) groups is 1. The van der Waals surface area contributed by atoms with Gasteiger partial charge in [-0.15, -0.1) is 5.10 Å². The zero-order valence-electron chi connectivity index (χ0n) is 13.4. The van der Waals surface area contributed by atoms with Gasteiger partial charge in [-0.05, 0) is 42.0 Å². The summed E-state index contributed by atoms with van der Waals surface area (Å²) in [5.41, 5.74) is 1.83. The van der Waals surface area contributed by atoms with Crippen molar-refractivity contribution >= 4 is 29.5 Å². The summed E-state index contributed by atoms with van der Waals surface area (Å²) in [5.74, 6) is -0.489. The first-order valence-corrected chi connectivity index (χ1v) is 8.10. The summed E-state index contributed by atoms with van der Waals surface area (Å²) in [6, 6.07) is 7.57. The average molecular weight is 331 g/mol. The molecule has 7 heteroatoms.